The van der Waals surface area contributed by atoms with E-state index in [4.69, 9.17) is 0 Å². The van der Waals surface area contributed by atoms with E-state index in [9.17, 15) is 9.59 Å². The highest BCUT2D eigenvalue weighted by molar-refractivity contribution is 14.1. The van der Waals surface area contributed by atoms with Crippen LogP contribution in [-0.4, -0.2) is 16.8 Å². The zero-order valence-electron chi connectivity index (χ0n) is 13.0. The van der Waals surface area contributed by atoms with E-state index in [1.165, 1.54) is 18.3 Å². The minimum absolute atomic E-state index is 0.124. The predicted octanol–water partition coefficient (Wildman–Crippen LogP) is 4.42. The monoisotopic (exact) mass is 451 g/mol. The lowest BCUT2D eigenvalue weighted by Gasteiger charge is -2.06. The maximum Gasteiger partial charge on any atom is 0.258 e. The summed E-state index contributed by atoms with van der Waals surface area (Å²) in [5.74, 6) is -0.300. The molecule has 122 valence electrons. The van der Waals surface area contributed by atoms with Crippen LogP contribution in [0.4, 0.5) is 10.8 Å². The van der Waals surface area contributed by atoms with E-state index in [0.717, 1.165) is 19.4 Å². The van der Waals surface area contributed by atoms with Gasteiger partial charge in [0.25, 0.3) is 5.91 Å². The number of amides is 2. The molecule has 7 heteroatoms. The molecule has 0 aliphatic rings. The van der Waals surface area contributed by atoms with Crippen LogP contribution in [0.15, 0.2) is 36.4 Å². The Balaban J connectivity index is 1.86. The van der Waals surface area contributed by atoms with Crippen molar-refractivity contribution in [1.82, 2.24) is 4.98 Å². The molecule has 1 heterocycles. The number of benzene rings is 2. The summed E-state index contributed by atoms with van der Waals surface area (Å²) in [7, 11) is 0. The number of halogens is 1. The van der Waals surface area contributed by atoms with Gasteiger partial charge < -0.3 is 5.32 Å². The number of carbonyl (C=O) groups excluding carboxylic acids is 2. The Hall–Kier alpha value is -2.00. The zero-order valence-corrected chi connectivity index (χ0v) is 16.0. The molecule has 24 heavy (non-hydrogen) atoms. The van der Waals surface area contributed by atoms with Crippen LogP contribution >= 0.6 is 33.9 Å². The molecule has 0 spiro atoms. The van der Waals surface area contributed by atoms with E-state index in [-0.39, 0.29) is 11.8 Å². The lowest BCUT2D eigenvalue weighted by Crippen LogP contribution is -2.13. The predicted molar refractivity (Wildman–Crippen MR) is 106 cm³/mol. The molecule has 2 amide bonds. The van der Waals surface area contributed by atoms with Gasteiger partial charge in [-0.05, 0) is 59.3 Å². The number of nitrogens with zero attached hydrogens (tertiary/aromatic N) is 1. The van der Waals surface area contributed by atoms with E-state index in [1.807, 2.05) is 31.2 Å². The Morgan fingerprint density at radius 1 is 1.17 bits per heavy atom. The fourth-order valence-corrected chi connectivity index (χ4v) is 3.75. The van der Waals surface area contributed by atoms with E-state index in [2.05, 4.69) is 38.2 Å². The van der Waals surface area contributed by atoms with Gasteiger partial charge in [-0.25, -0.2) is 4.98 Å². The lowest BCUT2D eigenvalue weighted by molar-refractivity contribution is -0.114. The molecule has 2 N–H and O–H groups in total. The fourth-order valence-electron chi connectivity index (χ4n) is 2.25. The second-order valence-electron chi connectivity index (χ2n) is 5.27. The van der Waals surface area contributed by atoms with Crippen molar-refractivity contribution in [2.75, 3.05) is 10.6 Å². The van der Waals surface area contributed by atoms with Gasteiger partial charge in [-0.1, -0.05) is 23.5 Å². The van der Waals surface area contributed by atoms with Crippen molar-refractivity contribution < 1.29 is 9.59 Å². The maximum absolute atomic E-state index is 12.5. The number of fused-ring (bicyclic) bond motifs is 1. The van der Waals surface area contributed by atoms with E-state index >= 15 is 0 Å². The highest BCUT2D eigenvalue weighted by Crippen LogP contribution is 2.29. The van der Waals surface area contributed by atoms with Crippen LogP contribution in [0, 0.1) is 10.5 Å². The summed E-state index contributed by atoms with van der Waals surface area (Å²) in [4.78, 5) is 28.0. The molecule has 0 unspecified atom stereocenters. The smallest absolute Gasteiger partial charge is 0.258 e. The summed E-state index contributed by atoms with van der Waals surface area (Å²) in [6.45, 7) is 3.44. The Bertz CT molecular complexity index is 952. The summed E-state index contributed by atoms with van der Waals surface area (Å²) in [5.41, 5.74) is 3.19. The average molecular weight is 451 g/mol. The number of rotatable bonds is 3. The molecule has 0 aliphatic heterocycles. The Labute approximate surface area is 156 Å². The van der Waals surface area contributed by atoms with Gasteiger partial charge in [0.05, 0.1) is 15.8 Å². The summed E-state index contributed by atoms with van der Waals surface area (Å²) in [6, 6.07) is 11.1. The Kier molecular flexibility index (Phi) is 4.81. The number of nitrogens with one attached hydrogen (secondary N) is 2. The summed E-state index contributed by atoms with van der Waals surface area (Å²) in [6.07, 6.45) is 0. The zero-order chi connectivity index (χ0) is 17.3. The third-order valence-corrected chi connectivity index (χ3v) is 5.73. The average Bonchev–Trinajstić information content (AvgIpc) is 2.90. The number of aromatic nitrogens is 1. The standard InChI is InChI=1S/C17H14IN3O2S/c1-9-4-3-5-12(15(9)18)16(23)21-17-20-13-7-6-11(19-10(2)22)8-14(13)24-17/h3-8H,1-2H3,(H,19,22)(H,20,21,23). The number of hydrogen-bond donors (Lipinski definition) is 2. The normalized spacial score (nSPS) is 10.6. The van der Waals surface area contributed by atoms with Crippen LogP contribution in [0.3, 0.4) is 0 Å². The van der Waals surface area contributed by atoms with Crippen molar-refractivity contribution in [3.63, 3.8) is 0 Å². The van der Waals surface area contributed by atoms with Crippen molar-refractivity contribution in [3.8, 4) is 0 Å². The van der Waals surface area contributed by atoms with Crippen LogP contribution in [0.25, 0.3) is 10.2 Å². The minimum atomic E-state index is -0.177. The maximum atomic E-state index is 12.5. The highest BCUT2D eigenvalue weighted by atomic mass is 127. The first-order valence-corrected chi connectivity index (χ1v) is 9.08. The lowest BCUT2D eigenvalue weighted by atomic mass is 10.1. The Morgan fingerprint density at radius 3 is 2.71 bits per heavy atom. The molecular formula is C17H14IN3O2S. The van der Waals surface area contributed by atoms with Crippen LogP contribution < -0.4 is 10.6 Å². The third kappa shape index (κ3) is 3.57. The van der Waals surface area contributed by atoms with Crippen LogP contribution in [0.2, 0.25) is 0 Å². The molecule has 0 aliphatic carbocycles. The van der Waals surface area contributed by atoms with Gasteiger partial charge >= 0.3 is 0 Å². The van der Waals surface area contributed by atoms with Gasteiger partial charge in [0.15, 0.2) is 5.13 Å². The van der Waals surface area contributed by atoms with Crippen molar-refractivity contribution in [3.05, 3.63) is 51.1 Å². The molecule has 0 atom stereocenters. The number of thiazole rings is 1. The van der Waals surface area contributed by atoms with Crippen molar-refractivity contribution in [2.24, 2.45) is 0 Å². The topological polar surface area (TPSA) is 71.1 Å². The van der Waals surface area contributed by atoms with Crippen molar-refractivity contribution >= 4 is 66.8 Å². The first-order chi connectivity index (χ1) is 11.4. The highest BCUT2D eigenvalue weighted by Gasteiger charge is 2.14. The fraction of sp³-hybridized carbons (Fsp3) is 0.118. The van der Waals surface area contributed by atoms with E-state index in [1.54, 1.807) is 12.1 Å². The second-order valence-corrected chi connectivity index (χ2v) is 7.38. The van der Waals surface area contributed by atoms with Crippen molar-refractivity contribution in [1.29, 1.82) is 0 Å². The van der Waals surface area contributed by atoms with Gasteiger partial charge in [-0.3, -0.25) is 14.9 Å². The Morgan fingerprint density at radius 2 is 1.96 bits per heavy atom. The third-order valence-electron chi connectivity index (χ3n) is 3.37. The molecule has 5 nitrogen and oxygen atoms in total. The number of aryl methyl sites for hydroxylation is 1. The first kappa shape index (κ1) is 16.8. The summed E-state index contributed by atoms with van der Waals surface area (Å²) >= 11 is 3.55. The molecule has 0 radical (unpaired) electrons. The van der Waals surface area contributed by atoms with Gasteiger partial charge in [0.2, 0.25) is 5.91 Å². The van der Waals surface area contributed by atoms with Gasteiger partial charge in [0, 0.05) is 16.2 Å². The molecule has 0 fully saturated rings. The molecule has 3 aromatic rings. The van der Waals surface area contributed by atoms with Gasteiger partial charge in [0.1, 0.15) is 0 Å². The molecule has 3 rings (SSSR count). The largest absolute Gasteiger partial charge is 0.326 e. The van der Waals surface area contributed by atoms with E-state index in [0.29, 0.717) is 16.4 Å². The minimum Gasteiger partial charge on any atom is -0.326 e. The summed E-state index contributed by atoms with van der Waals surface area (Å²) in [5, 5.41) is 6.12. The molecular weight excluding hydrogens is 437 g/mol. The molecule has 0 saturated heterocycles. The van der Waals surface area contributed by atoms with Crippen LogP contribution in [0.5, 0.6) is 0 Å². The van der Waals surface area contributed by atoms with Gasteiger partial charge in [-0.2, -0.15) is 0 Å². The number of carbonyl (C=O) groups is 2. The quantitative estimate of drug-likeness (QED) is 0.580. The first-order valence-electron chi connectivity index (χ1n) is 7.18. The molecule has 1 aromatic heterocycles. The van der Waals surface area contributed by atoms with E-state index < -0.39 is 0 Å². The second kappa shape index (κ2) is 6.86. The number of anilines is 2. The number of hydrogen-bond acceptors (Lipinski definition) is 4. The molecule has 2 aromatic carbocycles. The SMILES string of the molecule is CC(=O)Nc1ccc2nc(NC(=O)c3cccc(C)c3I)sc2c1. The van der Waals surface area contributed by atoms with Crippen molar-refractivity contribution in [2.45, 2.75) is 13.8 Å². The molecule has 0 bridgehead atoms. The molecule has 0 saturated carbocycles. The summed E-state index contributed by atoms with van der Waals surface area (Å²) < 4.78 is 1.83. The van der Waals surface area contributed by atoms with Gasteiger partial charge in [-0.15, -0.1) is 0 Å². The van der Waals surface area contributed by atoms with Crippen LogP contribution in [0.1, 0.15) is 22.8 Å². The van der Waals surface area contributed by atoms with Crippen LogP contribution in [-0.2, 0) is 4.79 Å².